The Labute approximate surface area is 82.9 Å². The standard InChI is InChI=1S/C8H16FO4P/c1-2-8(6-4-3-5-7-8)12-14(10,11)13-9/h2-7H2,1H3,(H,10,11). The second-order valence-electron chi connectivity index (χ2n) is 3.73. The largest absolute Gasteiger partial charge is 0.503 e. The molecule has 1 fully saturated rings. The Balaban J connectivity index is 2.65. The predicted molar refractivity (Wildman–Crippen MR) is 49.2 cm³/mol. The summed E-state index contributed by atoms with van der Waals surface area (Å²) in [7, 11) is -4.49. The molecule has 0 bridgehead atoms. The molecular formula is C8H16FO4P. The van der Waals surface area contributed by atoms with Crippen LogP contribution in [0.4, 0.5) is 4.53 Å². The zero-order valence-corrected chi connectivity index (χ0v) is 9.13. The molecule has 0 aromatic heterocycles. The Morgan fingerprint density at radius 2 is 2.00 bits per heavy atom. The Morgan fingerprint density at radius 3 is 2.43 bits per heavy atom. The maximum atomic E-state index is 11.7. The van der Waals surface area contributed by atoms with E-state index in [9.17, 15) is 9.09 Å². The molecule has 0 spiro atoms. The molecule has 1 saturated carbocycles. The van der Waals surface area contributed by atoms with Crippen LogP contribution in [0.5, 0.6) is 0 Å². The van der Waals surface area contributed by atoms with Crippen LogP contribution >= 0.6 is 7.82 Å². The fraction of sp³-hybridized carbons (Fsp3) is 1.00. The molecule has 1 aliphatic carbocycles. The van der Waals surface area contributed by atoms with Crippen molar-refractivity contribution < 1.29 is 23.2 Å². The van der Waals surface area contributed by atoms with Crippen LogP contribution in [-0.2, 0) is 13.8 Å². The third-order valence-corrected chi connectivity index (χ3v) is 3.60. The highest BCUT2D eigenvalue weighted by Crippen LogP contribution is 2.52. The first-order valence-corrected chi connectivity index (χ1v) is 6.37. The summed E-state index contributed by atoms with van der Waals surface area (Å²) in [6, 6.07) is 0. The van der Waals surface area contributed by atoms with Crippen LogP contribution in [0, 0.1) is 0 Å². The zero-order chi connectivity index (χ0) is 10.7. The molecule has 0 aromatic rings. The van der Waals surface area contributed by atoms with Crippen molar-refractivity contribution in [3.63, 3.8) is 0 Å². The van der Waals surface area contributed by atoms with Gasteiger partial charge in [0, 0.05) is 0 Å². The molecule has 84 valence electrons. The first kappa shape index (κ1) is 12.1. The number of hydrogen-bond donors (Lipinski definition) is 1. The lowest BCUT2D eigenvalue weighted by atomic mass is 9.83. The number of phosphoric acid groups is 1. The fourth-order valence-corrected chi connectivity index (χ4v) is 2.79. The van der Waals surface area contributed by atoms with Gasteiger partial charge in [0.25, 0.3) is 0 Å². The Bertz CT molecular complexity index is 227. The second kappa shape index (κ2) is 4.71. The highest BCUT2D eigenvalue weighted by Gasteiger charge is 2.39. The Morgan fingerprint density at radius 1 is 1.43 bits per heavy atom. The van der Waals surface area contributed by atoms with Crippen LogP contribution < -0.4 is 0 Å². The molecule has 0 saturated heterocycles. The lowest BCUT2D eigenvalue weighted by Crippen LogP contribution is -2.33. The lowest BCUT2D eigenvalue weighted by Gasteiger charge is -2.36. The zero-order valence-electron chi connectivity index (χ0n) is 8.24. The molecule has 0 aromatic carbocycles. The van der Waals surface area contributed by atoms with E-state index in [1.54, 1.807) is 0 Å². The molecule has 14 heavy (non-hydrogen) atoms. The number of halogens is 1. The van der Waals surface area contributed by atoms with Crippen molar-refractivity contribution >= 4 is 7.82 Å². The molecule has 1 atom stereocenters. The summed E-state index contributed by atoms with van der Waals surface area (Å²) in [5.74, 6) is 0. The van der Waals surface area contributed by atoms with Crippen LogP contribution in [0.1, 0.15) is 45.4 Å². The minimum absolute atomic E-state index is 0.598. The van der Waals surface area contributed by atoms with Gasteiger partial charge in [-0.05, 0) is 23.8 Å². The Hall–Kier alpha value is 0.0400. The molecule has 0 radical (unpaired) electrons. The van der Waals surface area contributed by atoms with E-state index in [0.717, 1.165) is 19.3 Å². The van der Waals surface area contributed by atoms with Crippen molar-refractivity contribution in [3.8, 4) is 0 Å². The first-order valence-electron chi connectivity index (χ1n) is 4.87. The van der Waals surface area contributed by atoms with Crippen molar-refractivity contribution in [2.24, 2.45) is 0 Å². The van der Waals surface area contributed by atoms with Crippen molar-refractivity contribution in [3.05, 3.63) is 0 Å². The van der Waals surface area contributed by atoms with Gasteiger partial charge in [-0.3, -0.25) is 4.52 Å². The topological polar surface area (TPSA) is 55.8 Å². The molecular weight excluding hydrogens is 210 g/mol. The van der Waals surface area contributed by atoms with E-state index in [2.05, 4.69) is 4.73 Å². The van der Waals surface area contributed by atoms with Crippen molar-refractivity contribution in [1.82, 2.24) is 0 Å². The third kappa shape index (κ3) is 3.02. The average molecular weight is 226 g/mol. The van der Waals surface area contributed by atoms with Crippen LogP contribution in [0.25, 0.3) is 0 Å². The van der Waals surface area contributed by atoms with Gasteiger partial charge in [0.1, 0.15) is 0 Å². The number of rotatable bonds is 4. The van der Waals surface area contributed by atoms with E-state index in [1.165, 1.54) is 0 Å². The van der Waals surface area contributed by atoms with Crippen LogP contribution in [-0.4, -0.2) is 10.5 Å². The fourth-order valence-electron chi connectivity index (χ4n) is 1.96. The van der Waals surface area contributed by atoms with E-state index >= 15 is 0 Å². The average Bonchev–Trinajstić information content (AvgIpc) is 2.19. The second-order valence-corrected chi connectivity index (χ2v) is 4.98. The summed E-state index contributed by atoms with van der Waals surface area (Å²) in [6.45, 7) is 1.86. The normalized spacial score (nSPS) is 25.6. The Kier molecular flexibility index (Phi) is 4.07. The maximum absolute atomic E-state index is 11.7. The highest BCUT2D eigenvalue weighted by molar-refractivity contribution is 7.47. The minimum atomic E-state index is -4.49. The summed E-state index contributed by atoms with van der Waals surface area (Å²) >= 11 is 0. The van der Waals surface area contributed by atoms with E-state index in [-0.39, 0.29) is 0 Å². The molecule has 4 nitrogen and oxygen atoms in total. The monoisotopic (exact) mass is 226 g/mol. The van der Waals surface area contributed by atoms with Gasteiger partial charge in [-0.2, -0.15) is 0 Å². The van der Waals surface area contributed by atoms with Crippen LogP contribution in [0.2, 0.25) is 0 Å². The maximum Gasteiger partial charge on any atom is 0.503 e. The number of hydrogen-bond acceptors (Lipinski definition) is 3. The van der Waals surface area contributed by atoms with Gasteiger partial charge in [-0.25, -0.2) is 4.57 Å². The minimum Gasteiger partial charge on any atom is -0.301 e. The molecule has 0 amide bonds. The molecule has 1 rings (SSSR count). The quantitative estimate of drug-likeness (QED) is 0.748. The van der Waals surface area contributed by atoms with Crippen molar-refractivity contribution in [2.45, 2.75) is 51.0 Å². The van der Waals surface area contributed by atoms with Gasteiger partial charge >= 0.3 is 7.82 Å². The highest BCUT2D eigenvalue weighted by atomic mass is 31.2. The molecule has 1 aliphatic rings. The third-order valence-electron chi connectivity index (χ3n) is 2.81. The summed E-state index contributed by atoms with van der Waals surface area (Å²) in [6.07, 6.45) is 4.97. The first-order chi connectivity index (χ1) is 6.54. The molecule has 1 N–H and O–H groups in total. The van der Waals surface area contributed by atoms with E-state index in [0.29, 0.717) is 19.3 Å². The van der Waals surface area contributed by atoms with Gasteiger partial charge < -0.3 is 4.89 Å². The predicted octanol–water partition coefficient (Wildman–Crippen LogP) is 3.12. The lowest BCUT2D eigenvalue weighted by molar-refractivity contribution is -0.0840. The summed E-state index contributed by atoms with van der Waals surface area (Å²) in [5.41, 5.74) is -0.672. The number of phosphoric ester groups is 1. The molecule has 6 heteroatoms. The van der Waals surface area contributed by atoms with Gasteiger partial charge in [0.05, 0.1) is 5.60 Å². The van der Waals surface area contributed by atoms with E-state index in [4.69, 9.17) is 9.42 Å². The summed E-state index contributed by atoms with van der Waals surface area (Å²) in [5, 5.41) is 0. The SMILES string of the molecule is CCC1(OP(=O)(O)OF)CCCCC1. The molecule has 0 aliphatic heterocycles. The van der Waals surface area contributed by atoms with Gasteiger partial charge in [0.2, 0.25) is 0 Å². The van der Waals surface area contributed by atoms with Crippen molar-refractivity contribution in [2.75, 3.05) is 0 Å². The van der Waals surface area contributed by atoms with Gasteiger partial charge in [-0.15, -0.1) is 0 Å². The van der Waals surface area contributed by atoms with Crippen molar-refractivity contribution in [1.29, 1.82) is 0 Å². The smallest absolute Gasteiger partial charge is 0.301 e. The van der Waals surface area contributed by atoms with E-state index < -0.39 is 13.4 Å². The summed E-state index contributed by atoms with van der Waals surface area (Å²) < 4.78 is 30.5. The van der Waals surface area contributed by atoms with Crippen LogP contribution in [0.3, 0.4) is 0 Å². The van der Waals surface area contributed by atoms with Gasteiger partial charge in [-0.1, -0.05) is 30.9 Å². The van der Waals surface area contributed by atoms with Gasteiger partial charge in [0.15, 0.2) is 0 Å². The van der Waals surface area contributed by atoms with E-state index in [1.807, 2.05) is 6.92 Å². The summed E-state index contributed by atoms with van der Waals surface area (Å²) in [4.78, 5) is 8.91. The van der Waals surface area contributed by atoms with Crippen LogP contribution in [0.15, 0.2) is 0 Å². The molecule has 0 heterocycles. The molecule has 1 unspecified atom stereocenters.